The molecule has 0 atom stereocenters. The number of piperazine rings is 1. The minimum Gasteiger partial charge on any atom is -0.368 e. The lowest BCUT2D eigenvalue weighted by molar-refractivity contribution is 0.194. The van der Waals surface area contributed by atoms with Gasteiger partial charge in [-0.2, -0.15) is 0 Å². The van der Waals surface area contributed by atoms with Crippen molar-refractivity contribution in [1.82, 2.24) is 15.1 Å². The van der Waals surface area contributed by atoms with Crippen LogP contribution in [0.4, 0.5) is 10.5 Å². The molecule has 2 amide bonds. The molecule has 2 aliphatic rings. The number of halogens is 1. The lowest BCUT2D eigenvalue weighted by Gasteiger charge is -2.37. The van der Waals surface area contributed by atoms with Crippen molar-refractivity contribution in [3.05, 3.63) is 28.8 Å². The average molecular weight is 430 g/mol. The maximum Gasteiger partial charge on any atom is 0.317 e. The number of rotatable bonds is 5. The van der Waals surface area contributed by atoms with Gasteiger partial charge in [-0.05, 0) is 62.9 Å². The van der Waals surface area contributed by atoms with Gasteiger partial charge in [0.25, 0.3) is 0 Å². The molecule has 0 spiro atoms. The second-order valence-corrected chi connectivity index (χ2v) is 6.08. The summed E-state index contributed by atoms with van der Waals surface area (Å²) < 4.78 is 196. The van der Waals surface area contributed by atoms with Gasteiger partial charge in [-0.3, -0.25) is 4.90 Å². The number of carbonyl (C=O) groups is 1. The normalized spacial score (nSPS) is 56.2. The molecule has 0 radical (unpaired) electrons. The van der Waals surface area contributed by atoms with E-state index in [-0.39, 0.29) is 20.4 Å². The number of amides is 2. The molecule has 1 aliphatic carbocycles. The molecule has 3 rings (SSSR count). The number of nitrogens with one attached hydrogen (secondary N) is 1. The third kappa shape index (κ3) is 5.54. The zero-order chi connectivity index (χ0) is 40.6. The topological polar surface area (TPSA) is 38.8 Å². The summed E-state index contributed by atoms with van der Waals surface area (Å²) in [5.74, 6) is -4.18. The van der Waals surface area contributed by atoms with Crippen LogP contribution in [0.5, 0.6) is 0 Å². The van der Waals surface area contributed by atoms with Crippen molar-refractivity contribution in [2.75, 3.05) is 51.4 Å². The van der Waals surface area contributed by atoms with Crippen LogP contribution in [-0.2, 0) is 0 Å². The molecule has 0 bridgehead atoms. The molecule has 1 aliphatic heterocycles. The van der Waals surface area contributed by atoms with Gasteiger partial charge in [0.1, 0.15) is 0 Å². The highest BCUT2D eigenvalue weighted by Gasteiger charge is 2.24. The van der Waals surface area contributed by atoms with E-state index < -0.39 is 99.9 Å². The molecular weight excluding hydrogens is 372 g/mol. The van der Waals surface area contributed by atoms with Crippen molar-refractivity contribution in [2.24, 2.45) is 5.89 Å². The third-order valence-corrected chi connectivity index (χ3v) is 4.08. The van der Waals surface area contributed by atoms with Gasteiger partial charge in [0.15, 0.2) is 0 Å². The lowest BCUT2D eigenvalue weighted by Crippen LogP contribution is -2.47. The smallest absolute Gasteiger partial charge is 0.317 e. The maximum atomic E-state index is 12.8. The van der Waals surface area contributed by atoms with Crippen molar-refractivity contribution >= 4 is 23.3 Å². The first kappa shape index (κ1) is 6.52. The van der Waals surface area contributed by atoms with Gasteiger partial charge >= 0.3 is 6.03 Å². The van der Waals surface area contributed by atoms with Crippen LogP contribution in [-0.4, -0.2) is 68.4 Å². The molecule has 1 heterocycles. The van der Waals surface area contributed by atoms with Crippen molar-refractivity contribution in [1.29, 1.82) is 0 Å². The van der Waals surface area contributed by atoms with Crippen LogP contribution in [0.15, 0.2) is 18.2 Å². The predicted molar refractivity (Wildman–Crippen MR) is 117 cm³/mol. The fourth-order valence-electron chi connectivity index (χ4n) is 2.10. The number of anilines is 1. The van der Waals surface area contributed by atoms with Gasteiger partial charge in [0.2, 0.25) is 0 Å². The Morgan fingerprint density at radius 1 is 1.36 bits per heavy atom. The number of hydrogen-bond donors (Lipinski definition) is 1. The largest absolute Gasteiger partial charge is 0.368 e. The molecule has 2 fully saturated rings. The average Bonchev–Trinajstić information content (AvgIpc) is 2.91. The molecule has 5 nitrogen and oxygen atoms in total. The van der Waals surface area contributed by atoms with Crippen molar-refractivity contribution < 1.29 is 36.3 Å². The highest BCUT2D eigenvalue weighted by Crippen LogP contribution is 2.30. The quantitative estimate of drug-likeness (QED) is 0.768. The van der Waals surface area contributed by atoms with E-state index in [1.807, 2.05) is 0 Å². The van der Waals surface area contributed by atoms with Crippen LogP contribution in [0.2, 0.25) is 5.02 Å². The zero-order valence-electron chi connectivity index (χ0n) is 38.1. The van der Waals surface area contributed by atoms with Crippen LogP contribution in [0.25, 0.3) is 0 Å². The molecule has 1 saturated heterocycles. The number of hydrogen-bond acceptors (Lipinski definition) is 3. The fraction of sp³-hybridized carbons (Fsp3) is 0.682. The number of nitrogens with zero attached hydrogens (tertiary/aromatic N) is 3. The number of urea groups is 1. The molecule has 1 saturated carbocycles. The highest BCUT2D eigenvalue weighted by molar-refractivity contribution is 6.34. The molecule has 156 valence electrons. The van der Waals surface area contributed by atoms with E-state index in [0.717, 1.165) is 6.07 Å². The second-order valence-electron chi connectivity index (χ2n) is 5.70. The summed E-state index contributed by atoms with van der Waals surface area (Å²) in [5, 5.41) is 1.04. The van der Waals surface area contributed by atoms with E-state index in [1.54, 1.807) is 0 Å². The van der Waals surface area contributed by atoms with E-state index in [2.05, 4.69) is 0 Å². The highest BCUT2D eigenvalue weighted by atomic mass is 35.5. The number of carbonyl (C=O) groups excluding carboxylic acids is 1. The molecular formula is C22H35ClN4O. The van der Waals surface area contributed by atoms with E-state index in [4.69, 9.17) is 43.1 Å². The predicted octanol–water partition coefficient (Wildman–Crippen LogP) is 3.99. The Morgan fingerprint density at radius 2 is 2.07 bits per heavy atom. The molecule has 0 aromatic heterocycles. The Kier molecular flexibility index (Phi) is 2.29. The van der Waals surface area contributed by atoms with Crippen LogP contribution >= 0.6 is 11.6 Å². The minimum atomic E-state index is -4.32. The van der Waals surface area contributed by atoms with Crippen LogP contribution in [0, 0.1) is 12.8 Å². The maximum absolute atomic E-state index is 12.8. The first-order chi connectivity index (χ1) is 22.2. The van der Waals surface area contributed by atoms with E-state index in [1.165, 1.54) is 24.4 Å². The van der Waals surface area contributed by atoms with Crippen molar-refractivity contribution in [2.45, 2.75) is 44.9 Å². The molecule has 28 heavy (non-hydrogen) atoms. The SMILES string of the molecule is [2H]C([2H])([2H])N(C)C(=O)N[C@]1([2H])C([2H])([2H])C([2H])([2H])[C@@]([2H])(CC([2H])([2H])N2C([2H])([2H])C([2H])([2H])N(c3cccc(C)c3Cl)C([2H])([2H])C2([2H])[2H])C([2H])([2H])C1([2H])[2H]. The van der Waals surface area contributed by atoms with Gasteiger partial charge < -0.3 is 15.1 Å². The zero-order valence-corrected chi connectivity index (χ0v) is 15.8. The Balaban J connectivity index is 2.29. The van der Waals surface area contributed by atoms with Gasteiger partial charge in [0, 0.05) is 70.7 Å². The molecule has 1 aromatic rings. The summed E-state index contributed by atoms with van der Waals surface area (Å²) in [4.78, 5) is 12.0. The monoisotopic (exact) mass is 429 g/mol. The number of aryl methyl sites for hydroxylation is 1. The van der Waals surface area contributed by atoms with Crippen molar-refractivity contribution in [3.63, 3.8) is 0 Å². The third-order valence-electron chi connectivity index (χ3n) is 3.59. The van der Waals surface area contributed by atoms with Gasteiger partial charge in [-0.25, -0.2) is 4.79 Å². The van der Waals surface area contributed by atoms with E-state index in [0.29, 0.717) is 7.05 Å². The second kappa shape index (κ2) is 9.84. The van der Waals surface area contributed by atoms with Crippen LogP contribution in [0.1, 0.15) is 69.0 Å². The van der Waals surface area contributed by atoms with E-state index >= 15 is 0 Å². The lowest BCUT2D eigenvalue weighted by atomic mass is 9.84. The minimum absolute atomic E-state index is 0.00218. The summed E-state index contributed by atoms with van der Waals surface area (Å²) in [6.45, 7) is -21.6. The van der Waals surface area contributed by atoms with Gasteiger partial charge in [0.05, 0.1) is 17.6 Å². The molecule has 6 heteroatoms. The standard InChI is InChI=1S/C22H35ClN4O/c1-17-5-4-6-20(21(17)23)27-15-13-26(14-16-27)12-11-18-7-9-19(10-8-18)24-22(28)25(2)3/h4-6,18-19H,7-16H2,1-3H3,(H,24,28)/t18-,19-/i2D3,7D2,8D2,9D2,10D2,12D2,13D2,14D2,15D2,16D2,18D,19D. The first-order valence-corrected chi connectivity index (χ1v) is 8.46. The molecule has 1 N–H and O–H groups in total. The van der Waals surface area contributed by atoms with Crippen molar-refractivity contribution in [3.8, 4) is 0 Å². The van der Waals surface area contributed by atoms with Crippen LogP contribution in [0.3, 0.4) is 0 Å². The van der Waals surface area contributed by atoms with Gasteiger partial charge in [-0.1, -0.05) is 23.7 Å². The Bertz CT molecular complexity index is 1510. The van der Waals surface area contributed by atoms with Crippen LogP contribution < -0.4 is 10.2 Å². The van der Waals surface area contributed by atoms with Gasteiger partial charge in [-0.15, -0.1) is 0 Å². The Hall–Kier alpha value is -1.46. The Morgan fingerprint density at radius 3 is 2.75 bits per heavy atom. The number of benzene rings is 1. The summed E-state index contributed by atoms with van der Waals surface area (Å²) in [7, 11) is 0.623. The summed E-state index contributed by atoms with van der Waals surface area (Å²) in [6.07, 6.45) is -19.4. The summed E-state index contributed by atoms with van der Waals surface area (Å²) in [5.41, 5.74) is -0.330. The fourth-order valence-corrected chi connectivity index (χ4v) is 2.31. The van der Waals surface area contributed by atoms with E-state index in [9.17, 15) is 4.79 Å². The first-order valence-electron chi connectivity index (χ1n) is 19.6. The molecule has 0 unspecified atom stereocenters. The summed E-state index contributed by atoms with van der Waals surface area (Å²) in [6, 6.07) is -2.27. The molecule has 1 aromatic carbocycles. The Labute approximate surface area is 207 Å². The summed E-state index contributed by atoms with van der Waals surface area (Å²) >= 11 is 6.29.